The van der Waals surface area contributed by atoms with Gasteiger partial charge in [0.2, 0.25) is 0 Å². The van der Waals surface area contributed by atoms with Gasteiger partial charge in [-0.25, -0.2) is 4.79 Å². The summed E-state index contributed by atoms with van der Waals surface area (Å²) < 4.78 is 6.43. The highest BCUT2D eigenvalue weighted by Gasteiger charge is 2.15. The van der Waals surface area contributed by atoms with Crippen LogP contribution in [0.2, 0.25) is 0 Å². The van der Waals surface area contributed by atoms with E-state index in [0.717, 1.165) is 5.56 Å². The molecule has 0 aliphatic heterocycles. The molecule has 0 amide bonds. The summed E-state index contributed by atoms with van der Waals surface area (Å²) in [6, 6.07) is 5.22. The lowest BCUT2D eigenvalue weighted by atomic mass is 10.1. The first kappa shape index (κ1) is 11.4. The molecule has 0 fully saturated rings. The third-order valence-electron chi connectivity index (χ3n) is 2.59. The number of aryl methyl sites for hydroxylation is 1. The number of aliphatic hydroxyl groups excluding tert-OH is 1. The number of rotatable bonds is 2. The standard InChI is InChI=1S/C11H12BrNO3/c1-6(12)10(14)7-3-4-9-8(5-7)13(2)11(15)16-9/h3-6,10,14H,1-2H3. The van der Waals surface area contributed by atoms with Gasteiger partial charge >= 0.3 is 5.76 Å². The van der Waals surface area contributed by atoms with Crippen LogP contribution in [0.25, 0.3) is 11.1 Å². The molecule has 1 aromatic heterocycles. The van der Waals surface area contributed by atoms with Crippen molar-refractivity contribution in [1.29, 1.82) is 0 Å². The molecule has 86 valence electrons. The summed E-state index contributed by atoms with van der Waals surface area (Å²) in [5.74, 6) is -0.395. The minimum atomic E-state index is -0.602. The van der Waals surface area contributed by atoms with Crippen LogP contribution >= 0.6 is 15.9 Å². The molecule has 2 atom stereocenters. The van der Waals surface area contributed by atoms with Crippen molar-refractivity contribution in [2.24, 2.45) is 7.05 Å². The Kier molecular flexibility index (Phi) is 2.90. The molecule has 0 bridgehead atoms. The Balaban J connectivity index is 2.59. The summed E-state index contributed by atoms with van der Waals surface area (Å²) in [6.45, 7) is 1.86. The SMILES string of the molecule is CC(Br)C(O)c1ccc2oc(=O)n(C)c2c1. The Morgan fingerprint density at radius 3 is 2.81 bits per heavy atom. The summed E-state index contributed by atoms with van der Waals surface area (Å²) in [4.78, 5) is 11.2. The summed E-state index contributed by atoms with van der Waals surface area (Å²) in [5.41, 5.74) is 1.98. The number of halogens is 1. The second kappa shape index (κ2) is 4.07. The van der Waals surface area contributed by atoms with Crippen LogP contribution in [-0.2, 0) is 7.05 Å². The van der Waals surface area contributed by atoms with Gasteiger partial charge in [-0.05, 0) is 24.6 Å². The van der Waals surface area contributed by atoms with Gasteiger partial charge in [-0.15, -0.1) is 0 Å². The minimum absolute atomic E-state index is 0.0473. The third-order valence-corrected chi connectivity index (χ3v) is 3.09. The van der Waals surface area contributed by atoms with Crippen molar-refractivity contribution in [3.8, 4) is 0 Å². The molecule has 0 saturated carbocycles. The molecule has 4 nitrogen and oxygen atoms in total. The van der Waals surface area contributed by atoms with Crippen LogP contribution in [0.1, 0.15) is 18.6 Å². The first-order valence-electron chi connectivity index (χ1n) is 4.92. The van der Waals surface area contributed by atoms with Gasteiger partial charge in [-0.2, -0.15) is 0 Å². The lowest BCUT2D eigenvalue weighted by molar-refractivity contribution is 0.181. The van der Waals surface area contributed by atoms with Crippen LogP contribution < -0.4 is 5.76 Å². The van der Waals surface area contributed by atoms with Gasteiger partial charge in [0.25, 0.3) is 0 Å². The highest BCUT2D eigenvalue weighted by atomic mass is 79.9. The number of hydrogen-bond donors (Lipinski definition) is 1. The van der Waals surface area contributed by atoms with Crippen molar-refractivity contribution >= 4 is 27.0 Å². The Labute approximate surface area is 101 Å². The van der Waals surface area contributed by atoms with Crippen molar-refractivity contribution in [2.45, 2.75) is 17.9 Å². The molecule has 2 rings (SSSR count). The van der Waals surface area contributed by atoms with E-state index in [1.54, 1.807) is 25.2 Å². The fraction of sp³-hybridized carbons (Fsp3) is 0.364. The molecule has 0 saturated heterocycles. The number of alkyl halides is 1. The predicted molar refractivity (Wildman–Crippen MR) is 64.8 cm³/mol. The molecule has 1 aromatic carbocycles. The minimum Gasteiger partial charge on any atom is -0.408 e. The molecular weight excluding hydrogens is 274 g/mol. The normalized spacial score (nSPS) is 15.2. The average molecular weight is 286 g/mol. The Morgan fingerprint density at radius 1 is 1.50 bits per heavy atom. The number of nitrogens with zero attached hydrogens (tertiary/aromatic N) is 1. The van der Waals surface area contributed by atoms with Gasteiger partial charge in [0.1, 0.15) is 0 Å². The number of hydrogen-bond acceptors (Lipinski definition) is 3. The highest BCUT2D eigenvalue weighted by Crippen LogP contribution is 2.24. The van der Waals surface area contributed by atoms with E-state index in [1.807, 2.05) is 6.92 Å². The number of oxazole rings is 1. The molecule has 0 aliphatic carbocycles. The Bertz CT molecular complexity index is 570. The number of fused-ring (bicyclic) bond motifs is 1. The predicted octanol–water partition coefficient (Wildman–Crippen LogP) is 1.95. The first-order chi connectivity index (χ1) is 7.50. The van der Waals surface area contributed by atoms with Gasteiger partial charge < -0.3 is 9.52 Å². The van der Waals surface area contributed by atoms with E-state index in [4.69, 9.17) is 4.42 Å². The summed E-state index contributed by atoms with van der Waals surface area (Å²) in [6.07, 6.45) is -0.602. The van der Waals surface area contributed by atoms with Crippen LogP contribution in [0.5, 0.6) is 0 Å². The zero-order valence-corrected chi connectivity index (χ0v) is 10.6. The number of aromatic nitrogens is 1. The van der Waals surface area contributed by atoms with Gasteiger partial charge in [0, 0.05) is 11.9 Å². The lowest BCUT2D eigenvalue weighted by Gasteiger charge is -2.13. The highest BCUT2D eigenvalue weighted by molar-refractivity contribution is 9.09. The van der Waals surface area contributed by atoms with Crippen molar-refractivity contribution in [3.05, 3.63) is 34.3 Å². The number of aliphatic hydroxyl groups is 1. The Morgan fingerprint density at radius 2 is 2.19 bits per heavy atom. The maximum atomic E-state index is 11.3. The molecule has 1 heterocycles. The zero-order valence-electron chi connectivity index (χ0n) is 8.98. The largest absolute Gasteiger partial charge is 0.419 e. The van der Waals surface area contributed by atoms with Crippen LogP contribution in [0.15, 0.2) is 27.4 Å². The van der Waals surface area contributed by atoms with Gasteiger partial charge in [-0.3, -0.25) is 4.57 Å². The van der Waals surface area contributed by atoms with E-state index in [9.17, 15) is 9.90 Å². The summed E-state index contributed by atoms with van der Waals surface area (Å²) in [5, 5.41) is 9.89. The second-order valence-electron chi connectivity index (χ2n) is 3.78. The van der Waals surface area contributed by atoms with Gasteiger partial charge in [0.05, 0.1) is 11.6 Å². The molecule has 1 N–H and O–H groups in total. The molecule has 2 unspecified atom stereocenters. The van der Waals surface area contributed by atoms with Crippen LogP contribution in [-0.4, -0.2) is 14.5 Å². The molecule has 5 heteroatoms. The van der Waals surface area contributed by atoms with E-state index in [1.165, 1.54) is 4.57 Å². The first-order valence-corrected chi connectivity index (χ1v) is 5.84. The van der Waals surface area contributed by atoms with Crippen molar-refractivity contribution < 1.29 is 9.52 Å². The van der Waals surface area contributed by atoms with Crippen LogP contribution in [0.4, 0.5) is 0 Å². The van der Waals surface area contributed by atoms with Crippen LogP contribution in [0, 0.1) is 0 Å². The smallest absolute Gasteiger partial charge is 0.408 e. The van der Waals surface area contributed by atoms with Gasteiger partial charge in [-0.1, -0.05) is 22.0 Å². The molecule has 2 aromatic rings. The van der Waals surface area contributed by atoms with Gasteiger partial charge in [0.15, 0.2) is 5.58 Å². The monoisotopic (exact) mass is 285 g/mol. The molecule has 0 spiro atoms. The molecular formula is C11H12BrNO3. The van der Waals surface area contributed by atoms with E-state index >= 15 is 0 Å². The summed E-state index contributed by atoms with van der Waals surface area (Å²) >= 11 is 3.32. The van der Waals surface area contributed by atoms with Crippen molar-refractivity contribution in [2.75, 3.05) is 0 Å². The number of benzene rings is 1. The third kappa shape index (κ3) is 1.81. The quantitative estimate of drug-likeness (QED) is 0.858. The van der Waals surface area contributed by atoms with E-state index in [-0.39, 0.29) is 4.83 Å². The second-order valence-corrected chi connectivity index (χ2v) is 5.22. The van der Waals surface area contributed by atoms with Crippen molar-refractivity contribution in [1.82, 2.24) is 4.57 Å². The average Bonchev–Trinajstić information content (AvgIpc) is 2.53. The lowest BCUT2D eigenvalue weighted by Crippen LogP contribution is -2.10. The van der Waals surface area contributed by atoms with E-state index < -0.39 is 11.9 Å². The summed E-state index contributed by atoms with van der Waals surface area (Å²) in [7, 11) is 1.64. The topological polar surface area (TPSA) is 55.4 Å². The molecule has 0 aliphatic rings. The van der Waals surface area contributed by atoms with E-state index in [2.05, 4.69) is 15.9 Å². The fourth-order valence-electron chi connectivity index (χ4n) is 1.59. The Hall–Kier alpha value is -1.07. The molecule has 0 radical (unpaired) electrons. The van der Waals surface area contributed by atoms with E-state index in [0.29, 0.717) is 11.1 Å². The maximum absolute atomic E-state index is 11.3. The van der Waals surface area contributed by atoms with Crippen molar-refractivity contribution in [3.63, 3.8) is 0 Å². The zero-order chi connectivity index (χ0) is 11.9. The maximum Gasteiger partial charge on any atom is 0.419 e. The van der Waals surface area contributed by atoms with Crippen LogP contribution in [0.3, 0.4) is 0 Å². The fourth-order valence-corrected chi connectivity index (χ4v) is 1.90. The molecule has 16 heavy (non-hydrogen) atoms.